The predicted octanol–water partition coefficient (Wildman–Crippen LogP) is 3.96. The molecule has 1 heterocycles. The summed E-state index contributed by atoms with van der Waals surface area (Å²) < 4.78 is 19.4. The van der Waals surface area contributed by atoms with E-state index in [2.05, 4.69) is 5.32 Å². The first kappa shape index (κ1) is 19.6. The van der Waals surface area contributed by atoms with E-state index in [1.807, 2.05) is 23.1 Å². The summed E-state index contributed by atoms with van der Waals surface area (Å²) in [6, 6.07) is 13.4. The second kappa shape index (κ2) is 7.95. The number of carbonyl (C=O) groups excluding carboxylic acids is 2. The minimum absolute atomic E-state index is 0.0607. The Balaban J connectivity index is 1.80. The number of para-hydroxylation sites is 1. The lowest BCUT2D eigenvalue weighted by atomic mass is 9.71. The molecule has 4 rings (SSSR count). The number of hydrogen-bond donors (Lipinski definition) is 1. The van der Waals surface area contributed by atoms with Gasteiger partial charge in [0.2, 0.25) is 5.91 Å². The average Bonchev–Trinajstić information content (AvgIpc) is 3.19. The van der Waals surface area contributed by atoms with Crippen LogP contribution in [0.3, 0.4) is 0 Å². The van der Waals surface area contributed by atoms with Gasteiger partial charge in [-0.3, -0.25) is 9.59 Å². The molecule has 1 aliphatic heterocycles. The molecule has 6 heteroatoms. The smallest absolute Gasteiger partial charge is 0.254 e. The molecule has 1 fully saturated rings. The van der Waals surface area contributed by atoms with Gasteiger partial charge in [0.05, 0.1) is 23.8 Å². The molecule has 1 saturated carbocycles. The third-order valence-electron chi connectivity index (χ3n) is 6.20. The monoisotopic (exact) mass is 396 g/mol. The molecule has 0 bridgehead atoms. The lowest BCUT2D eigenvalue weighted by Gasteiger charge is -2.50. The van der Waals surface area contributed by atoms with Crippen LogP contribution in [0.15, 0.2) is 48.5 Å². The Morgan fingerprint density at radius 1 is 1.17 bits per heavy atom. The zero-order chi connectivity index (χ0) is 20.4. The lowest BCUT2D eigenvalue weighted by Crippen LogP contribution is -2.60. The van der Waals surface area contributed by atoms with Gasteiger partial charge in [0.25, 0.3) is 5.91 Å². The maximum atomic E-state index is 14.2. The lowest BCUT2D eigenvalue weighted by molar-refractivity contribution is -0.121. The van der Waals surface area contributed by atoms with Crippen molar-refractivity contribution >= 4 is 17.5 Å². The molecule has 0 unspecified atom stereocenters. The number of benzene rings is 2. The van der Waals surface area contributed by atoms with Gasteiger partial charge >= 0.3 is 0 Å². The highest BCUT2D eigenvalue weighted by Gasteiger charge is 2.55. The largest absolute Gasteiger partial charge is 0.383 e. The number of fused-ring (bicyclic) bond motifs is 1. The number of halogens is 1. The molecule has 2 amide bonds. The number of hydrogen-bond acceptors (Lipinski definition) is 3. The summed E-state index contributed by atoms with van der Waals surface area (Å²) in [5.74, 6) is -1.37. The van der Waals surface area contributed by atoms with Crippen molar-refractivity contribution < 1.29 is 18.7 Å². The Kier molecular flexibility index (Phi) is 5.37. The molecule has 0 aromatic heterocycles. The zero-order valence-electron chi connectivity index (χ0n) is 16.5. The number of amides is 2. The third kappa shape index (κ3) is 3.31. The Hall–Kier alpha value is -2.73. The minimum atomic E-state index is -0.612. The van der Waals surface area contributed by atoms with Crippen molar-refractivity contribution in [1.29, 1.82) is 0 Å². The molecule has 2 aromatic rings. The molecule has 29 heavy (non-hydrogen) atoms. The summed E-state index contributed by atoms with van der Waals surface area (Å²) in [5, 5.41) is 2.78. The van der Waals surface area contributed by atoms with Gasteiger partial charge in [-0.25, -0.2) is 4.39 Å². The van der Waals surface area contributed by atoms with Crippen LogP contribution in [0, 0.1) is 5.82 Å². The molecule has 1 aliphatic carbocycles. The summed E-state index contributed by atoms with van der Waals surface area (Å²) in [5.41, 5.74) is 0.805. The number of nitrogens with zero attached hydrogens (tertiary/aromatic N) is 1. The van der Waals surface area contributed by atoms with E-state index in [9.17, 15) is 14.0 Å². The van der Waals surface area contributed by atoms with E-state index in [-0.39, 0.29) is 17.5 Å². The van der Waals surface area contributed by atoms with E-state index in [0.717, 1.165) is 31.2 Å². The van der Waals surface area contributed by atoms with Gasteiger partial charge in [0.15, 0.2) is 0 Å². The van der Waals surface area contributed by atoms with Crippen LogP contribution in [0.5, 0.6) is 0 Å². The van der Waals surface area contributed by atoms with Crippen molar-refractivity contribution in [2.45, 2.75) is 37.1 Å². The van der Waals surface area contributed by atoms with Crippen LogP contribution in [0.4, 0.5) is 10.1 Å². The SMILES string of the molecule is COCCN1C(=O)c2ccccc2[C@H](C(=O)Nc2ccccc2F)C12CCCC2. The predicted molar refractivity (Wildman–Crippen MR) is 108 cm³/mol. The Bertz CT molecular complexity index is 924. The van der Waals surface area contributed by atoms with Gasteiger partial charge in [0, 0.05) is 19.2 Å². The van der Waals surface area contributed by atoms with E-state index in [0.29, 0.717) is 18.7 Å². The highest BCUT2D eigenvalue weighted by atomic mass is 19.1. The van der Waals surface area contributed by atoms with E-state index in [4.69, 9.17) is 4.74 Å². The number of methoxy groups -OCH3 is 1. The van der Waals surface area contributed by atoms with Gasteiger partial charge in [0.1, 0.15) is 5.82 Å². The molecule has 2 aliphatic rings. The summed E-state index contributed by atoms with van der Waals surface area (Å²) in [6.45, 7) is 0.824. The van der Waals surface area contributed by atoms with E-state index in [1.54, 1.807) is 31.4 Å². The van der Waals surface area contributed by atoms with Crippen LogP contribution in [-0.4, -0.2) is 42.5 Å². The number of ether oxygens (including phenoxy) is 1. The molecule has 1 atom stereocenters. The highest BCUT2D eigenvalue weighted by Crippen LogP contribution is 2.50. The fourth-order valence-corrected chi connectivity index (χ4v) is 4.94. The summed E-state index contributed by atoms with van der Waals surface area (Å²) in [7, 11) is 1.60. The third-order valence-corrected chi connectivity index (χ3v) is 6.20. The average molecular weight is 396 g/mol. The van der Waals surface area contributed by atoms with Gasteiger partial charge < -0.3 is 15.0 Å². The second-order valence-electron chi connectivity index (χ2n) is 7.75. The first-order chi connectivity index (χ1) is 14.1. The zero-order valence-corrected chi connectivity index (χ0v) is 16.5. The molecule has 152 valence electrons. The highest BCUT2D eigenvalue weighted by molar-refractivity contribution is 6.05. The quantitative estimate of drug-likeness (QED) is 0.832. The first-order valence-electron chi connectivity index (χ1n) is 10.0. The maximum absolute atomic E-state index is 14.2. The van der Waals surface area contributed by atoms with Crippen LogP contribution in [0.2, 0.25) is 0 Å². The number of rotatable bonds is 5. The normalized spacial score (nSPS) is 20.0. The van der Waals surface area contributed by atoms with E-state index < -0.39 is 17.3 Å². The standard InChI is InChI=1S/C23H25FN2O3/c1-29-15-14-26-22(28)17-9-3-2-8-16(17)20(23(26)12-6-7-13-23)21(27)25-19-11-5-4-10-18(19)24/h2-5,8-11,20H,6-7,12-15H2,1H3,(H,25,27)/t20-/m1/s1. The van der Waals surface area contributed by atoms with Crippen molar-refractivity contribution in [2.24, 2.45) is 0 Å². The Labute approximate surface area is 169 Å². The minimum Gasteiger partial charge on any atom is -0.383 e. The van der Waals surface area contributed by atoms with Crippen LogP contribution >= 0.6 is 0 Å². The fourth-order valence-electron chi connectivity index (χ4n) is 4.94. The fraction of sp³-hybridized carbons (Fsp3) is 0.391. The van der Waals surface area contributed by atoms with Crippen molar-refractivity contribution in [2.75, 3.05) is 25.6 Å². The number of nitrogens with one attached hydrogen (secondary N) is 1. The van der Waals surface area contributed by atoms with Crippen molar-refractivity contribution in [3.63, 3.8) is 0 Å². The maximum Gasteiger partial charge on any atom is 0.254 e. The van der Waals surface area contributed by atoms with E-state index >= 15 is 0 Å². The van der Waals surface area contributed by atoms with Crippen molar-refractivity contribution in [1.82, 2.24) is 4.90 Å². The summed E-state index contributed by atoms with van der Waals surface area (Å²) >= 11 is 0. The summed E-state index contributed by atoms with van der Waals surface area (Å²) in [4.78, 5) is 28.7. The van der Waals surface area contributed by atoms with Gasteiger partial charge in [-0.15, -0.1) is 0 Å². The molecule has 5 nitrogen and oxygen atoms in total. The van der Waals surface area contributed by atoms with Gasteiger partial charge in [-0.1, -0.05) is 43.2 Å². The number of anilines is 1. The number of carbonyl (C=O) groups is 2. The van der Waals surface area contributed by atoms with Crippen LogP contribution in [0.1, 0.15) is 47.5 Å². The Morgan fingerprint density at radius 3 is 2.59 bits per heavy atom. The van der Waals surface area contributed by atoms with Crippen molar-refractivity contribution in [3.8, 4) is 0 Å². The molecule has 2 aromatic carbocycles. The topological polar surface area (TPSA) is 58.6 Å². The van der Waals surface area contributed by atoms with E-state index in [1.165, 1.54) is 6.07 Å². The van der Waals surface area contributed by atoms with Gasteiger partial charge in [-0.05, 0) is 36.6 Å². The van der Waals surface area contributed by atoms with Crippen LogP contribution < -0.4 is 5.32 Å². The molecular weight excluding hydrogens is 371 g/mol. The molecule has 1 spiro atoms. The molecular formula is C23H25FN2O3. The summed E-state index contributed by atoms with van der Waals surface area (Å²) in [6.07, 6.45) is 3.38. The van der Waals surface area contributed by atoms with Gasteiger partial charge in [-0.2, -0.15) is 0 Å². The van der Waals surface area contributed by atoms with Crippen LogP contribution in [0.25, 0.3) is 0 Å². The van der Waals surface area contributed by atoms with Crippen molar-refractivity contribution in [3.05, 3.63) is 65.5 Å². The second-order valence-corrected chi connectivity index (χ2v) is 7.75. The molecule has 0 radical (unpaired) electrons. The van der Waals surface area contributed by atoms with Crippen LogP contribution in [-0.2, 0) is 9.53 Å². The Morgan fingerprint density at radius 2 is 1.86 bits per heavy atom. The molecule has 1 N–H and O–H groups in total. The molecule has 0 saturated heterocycles. The first-order valence-corrected chi connectivity index (χ1v) is 10.0.